The third kappa shape index (κ3) is 5.81. The lowest BCUT2D eigenvalue weighted by molar-refractivity contribution is -0.0543. The van der Waals surface area contributed by atoms with Crippen molar-refractivity contribution in [2.45, 2.75) is 64.6 Å². The Morgan fingerprint density at radius 1 is 1.22 bits per heavy atom. The molecule has 170 valence electrons. The zero-order valence-corrected chi connectivity index (χ0v) is 18.6. The van der Waals surface area contributed by atoms with E-state index >= 15 is 0 Å². The molecule has 0 unspecified atom stereocenters. The van der Waals surface area contributed by atoms with Crippen molar-refractivity contribution < 1.29 is 19.4 Å². The van der Waals surface area contributed by atoms with E-state index in [1.165, 1.54) is 6.20 Å². The topological polar surface area (TPSA) is 125 Å². The van der Waals surface area contributed by atoms with Gasteiger partial charge < -0.3 is 19.2 Å². The minimum Gasteiger partial charge on any atom is -0.449 e. The highest BCUT2D eigenvalue weighted by Crippen LogP contribution is 2.29. The number of hydrogen-bond acceptors (Lipinski definition) is 7. The largest absolute Gasteiger partial charge is 0.449 e. The van der Waals surface area contributed by atoms with Crippen molar-refractivity contribution in [3.05, 3.63) is 47.4 Å². The van der Waals surface area contributed by atoms with E-state index in [0.29, 0.717) is 22.2 Å². The maximum Gasteiger partial charge on any atom is 0.193 e. The van der Waals surface area contributed by atoms with E-state index in [2.05, 4.69) is 16.0 Å². The minimum absolute atomic E-state index is 0.0560. The number of aliphatic hydroxyl groups excluding tert-OH is 1. The summed E-state index contributed by atoms with van der Waals surface area (Å²) in [6, 6.07) is 3.82. The molecule has 0 spiro atoms. The smallest absolute Gasteiger partial charge is 0.193 e. The van der Waals surface area contributed by atoms with Crippen LogP contribution in [0.4, 0.5) is 0 Å². The normalized spacial score (nSPS) is 12.4. The number of aromatic nitrogens is 3. The molecule has 0 aliphatic rings. The summed E-state index contributed by atoms with van der Waals surface area (Å²) < 4.78 is 7.21. The van der Waals surface area contributed by atoms with E-state index in [1.54, 1.807) is 18.5 Å². The second-order valence-corrected chi connectivity index (χ2v) is 8.38. The fourth-order valence-electron chi connectivity index (χ4n) is 4.19. The van der Waals surface area contributed by atoms with Crippen molar-refractivity contribution >= 4 is 16.8 Å². The Labute approximate surface area is 187 Å². The maximum absolute atomic E-state index is 13.2. The molecule has 8 nitrogen and oxygen atoms in total. The molecule has 0 aromatic carbocycles. The molecule has 0 bridgehead atoms. The highest BCUT2D eigenvalue weighted by molar-refractivity contribution is 6.09. The maximum atomic E-state index is 13.2. The van der Waals surface area contributed by atoms with E-state index in [9.17, 15) is 20.3 Å². The summed E-state index contributed by atoms with van der Waals surface area (Å²) in [5.41, 5.74) is 2.61. The molecule has 0 aliphatic carbocycles. The first-order valence-corrected chi connectivity index (χ1v) is 11.1. The van der Waals surface area contributed by atoms with E-state index in [-0.39, 0.29) is 24.5 Å². The Kier molecular flexibility index (Phi) is 8.14. The molecule has 0 radical (unpaired) electrons. The third-order valence-electron chi connectivity index (χ3n) is 5.74. The number of carbonyl (C=O) groups is 1. The number of ketones is 1. The summed E-state index contributed by atoms with van der Waals surface area (Å²) in [4.78, 5) is 21.8. The number of fused-ring (bicyclic) bond motifs is 1. The number of unbranched alkanes of at least 4 members (excludes halogenated alkanes) is 3. The molecule has 0 saturated carbocycles. The van der Waals surface area contributed by atoms with Crippen LogP contribution in [-0.2, 0) is 19.9 Å². The van der Waals surface area contributed by atoms with Gasteiger partial charge in [0.15, 0.2) is 18.0 Å². The Hall–Kier alpha value is -3.02. The van der Waals surface area contributed by atoms with Crippen LogP contribution >= 0.6 is 0 Å². The van der Waals surface area contributed by atoms with Gasteiger partial charge in [-0.05, 0) is 31.2 Å². The number of nitrogens with zero attached hydrogens (tertiary/aromatic N) is 4. The fourth-order valence-corrected chi connectivity index (χ4v) is 4.19. The van der Waals surface area contributed by atoms with E-state index in [1.807, 2.05) is 18.5 Å². The number of hydrogen-bond donors (Lipinski definition) is 2. The van der Waals surface area contributed by atoms with Gasteiger partial charge in [-0.2, -0.15) is 5.26 Å². The van der Waals surface area contributed by atoms with Crippen molar-refractivity contribution in [2.24, 2.45) is 13.0 Å². The average molecular weight is 439 g/mol. The molecule has 0 fully saturated rings. The van der Waals surface area contributed by atoms with Crippen LogP contribution in [0.2, 0.25) is 0 Å². The summed E-state index contributed by atoms with van der Waals surface area (Å²) in [5, 5.41) is 28.5. The predicted molar refractivity (Wildman–Crippen MR) is 119 cm³/mol. The first kappa shape index (κ1) is 23.6. The summed E-state index contributed by atoms with van der Waals surface area (Å²) in [6.07, 6.45) is 9.19. The van der Waals surface area contributed by atoms with Crippen molar-refractivity contribution in [3.63, 3.8) is 0 Å². The molecule has 1 atom stereocenters. The molecule has 2 N–H and O–H groups in total. The van der Waals surface area contributed by atoms with Gasteiger partial charge in [0.05, 0.1) is 11.8 Å². The molecule has 3 heterocycles. The number of aliphatic hydroxyl groups is 2. The quantitative estimate of drug-likeness (QED) is 0.251. The standard InChI is InChI=1S/C24H30N4O4/c1-16(12-22(30)31)11-20(29)23-18-13-17(14-25)15-27-24(18)28(2)19(23)7-5-3-4-6-8-21-26-9-10-32-21/h9-10,13,15-16,22,30-31H,3-8,11-12H2,1-2H3/t16-/m0/s1. The average Bonchev–Trinajstić information content (AvgIpc) is 3.36. The van der Waals surface area contributed by atoms with Crippen molar-refractivity contribution in [2.75, 3.05) is 0 Å². The Morgan fingerprint density at radius 3 is 2.62 bits per heavy atom. The Bertz CT molecular complexity index is 1080. The third-order valence-corrected chi connectivity index (χ3v) is 5.74. The molecular formula is C24H30N4O4. The summed E-state index contributed by atoms with van der Waals surface area (Å²) in [5.74, 6) is 0.528. The highest BCUT2D eigenvalue weighted by Gasteiger charge is 2.24. The molecular weight excluding hydrogens is 408 g/mol. The lowest BCUT2D eigenvalue weighted by atomic mass is 9.94. The van der Waals surface area contributed by atoms with Crippen LogP contribution < -0.4 is 0 Å². The fraction of sp³-hybridized carbons (Fsp3) is 0.500. The molecule has 0 amide bonds. The molecule has 0 aliphatic heterocycles. The van der Waals surface area contributed by atoms with Gasteiger partial charge in [-0.3, -0.25) is 4.79 Å². The Morgan fingerprint density at radius 2 is 1.97 bits per heavy atom. The van der Waals surface area contributed by atoms with E-state index in [0.717, 1.165) is 50.1 Å². The van der Waals surface area contributed by atoms with E-state index < -0.39 is 6.29 Å². The lowest BCUT2D eigenvalue weighted by Crippen LogP contribution is -2.15. The van der Waals surface area contributed by atoms with Gasteiger partial charge in [0.1, 0.15) is 18.0 Å². The first-order chi connectivity index (χ1) is 15.4. The summed E-state index contributed by atoms with van der Waals surface area (Å²) in [6.45, 7) is 1.83. The number of pyridine rings is 1. The number of carbonyl (C=O) groups excluding carboxylic acids is 1. The summed E-state index contributed by atoms with van der Waals surface area (Å²) >= 11 is 0. The molecule has 3 rings (SSSR count). The van der Waals surface area contributed by atoms with Crippen molar-refractivity contribution in [1.29, 1.82) is 5.26 Å². The number of nitriles is 1. The van der Waals surface area contributed by atoms with Gasteiger partial charge in [-0.1, -0.05) is 19.8 Å². The number of rotatable bonds is 12. The predicted octanol–water partition coefficient (Wildman–Crippen LogP) is 3.69. The monoisotopic (exact) mass is 438 g/mol. The van der Waals surface area contributed by atoms with Crippen LogP contribution in [0.5, 0.6) is 0 Å². The van der Waals surface area contributed by atoms with E-state index in [4.69, 9.17) is 4.42 Å². The van der Waals surface area contributed by atoms with Crippen LogP contribution in [-0.4, -0.2) is 36.8 Å². The van der Waals surface area contributed by atoms with Crippen LogP contribution in [0.1, 0.15) is 73.0 Å². The van der Waals surface area contributed by atoms with Gasteiger partial charge in [-0.25, -0.2) is 9.97 Å². The van der Waals surface area contributed by atoms with Crippen LogP contribution in [0, 0.1) is 17.2 Å². The second-order valence-electron chi connectivity index (χ2n) is 8.38. The van der Waals surface area contributed by atoms with Crippen LogP contribution in [0.25, 0.3) is 11.0 Å². The molecule has 8 heteroatoms. The summed E-state index contributed by atoms with van der Waals surface area (Å²) in [7, 11) is 1.90. The molecule has 3 aromatic heterocycles. The zero-order chi connectivity index (χ0) is 23.1. The zero-order valence-electron chi connectivity index (χ0n) is 18.6. The van der Waals surface area contributed by atoms with Gasteiger partial charge >= 0.3 is 0 Å². The van der Waals surface area contributed by atoms with Gasteiger partial charge in [-0.15, -0.1) is 0 Å². The van der Waals surface area contributed by atoms with Gasteiger partial charge in [0.25, 0.3) is 0 Å². The lowest BCUT2D eigenvalue weighted by Gasteiger charge is -2.13. The Balaban J connectivity index is 1.74. The number of Topliss-reactive ketones (excluding diaryl/α,β-unsaturated/α-hetero) is 1. The molecule has 0 saturated heterocycles. The SMILES string of the molecule is C[C@@H](CC(=O)c1c(CCCCCCc2ncco2)n(C)c2ncc(C#N)cc12)CC(O)O. The molecule has 3 aromatic rings. The van der Waals surface area contributed by atoms with Crippen LogP contribution in [0.3, 0.4) is 0 Å². The highest BCUT2D eigenvalue weighted by atomic mass is 16.5. The number of oxazole rings is 1. The number of aryl methyl sites for hydroxylation is 2. The first-order valence-electron chi connectivity index (χ1n) is 11.1. The van der Waals surface area contributed by atoms with Gasteiger partial charge in [0, 0.05) is 49.2 Å². The van der Waals surface area contributed by atoms with Gasteiger partial charge in [0.2, 0.25) is 0 Å². The van der Waals surface area contributed by atoms with Crippen LogP contribution in [0.15, 0.2) is 29.1 Å². The minimum atomic E-state index is -1.44. The molecule has 32 heavy (non-hydrogen) atoms. The second kappa shape index (κ2) is 11.0. The van der Waals surface area contributed by atoms with Crippen molar-refractivity contribution in [1.82, 2.24) is 14.5 Å². The van der Waals surface area contributed by atoms with Crippen molar-refractivity contribution in [3.8, 4) is 6.07 Å².